The van der Waals surface area contributed by atoms with E-state index in [0.29, 0.717) is 31.4 Å². The van der Waals surface area contributed by atoms with Crippen LogP contribution >= 0.6 is 0 Å². The summed E-state index contributed by atoms with van der Waals surface area (Å²) in [6.07, 6.45) is 0.554. The molecule has 1 saturated heterocycles. The van der Waals surface area contributed by atoms with Crippen LogP contribution in [-0.4, -0.2) is 40.8 Å². The van der Waals surface area contributed by atoms with E-state index in [1.165, 1.54) is 0 Å². The Labute approximate surface area is 122 Å². The average molecular weight is 287 g/mol. The molecule has 2 heterocycles. The van der Waals surface area contributed by atoms with Gasteiger partial charge >= 0.3 is 6.09 Å². The maximum absolute atomic E-state index is 11.7. The molecule has 2 aromatic rings. The number of ether oxygens (including phenoxy) is 1. The van der Waals surface area contributed by atoms with Gasteiger partial charge in [0.15, 0.2) is 5.82 Å². The topological polar surface area (TPSA) is 68.5 Å². The summed E-state index contributed by atoms with van der Waals surface area (Å²) in [5, 5.41) is 4.05. The molecule has 1 fully saturated rings. The first kappa shape index (κ1) is 13.6. The Kier molecular flexibility index (Phi) is 3.85. The van der Waals surface area contributed by atoms with Crippen molar-refractivity contribution in [1.29, 1.82) is 0 Å². The molecule has 110 valence electrons. The zero-order valence-electron chi connectivity index (χ0n) is 11.9. The summed E-state index contributed by atoms with van der Waals surface area (Å²) in [6, 6.07) is 9.65. The first-order chi connectivity index (χ1) is 10.3. The summed E-state index contributed by atoms with van der Waals surface area (Å²) in [5.41, 5.74) is 0.900. The summed E-state index contributed by atoms with van der Waals surface area (Å²) in [6.45, 7) is 3.43. The maximum Gasteiger partial charge on any atom is 0.409 e. The molecule has 0 radical (unpaired) electrons. The van der Waals surface area contributed by atoms with Crippen LogP contribution in [0, 0.1) is 0 Å². The smallest absolute Gasteiger partial charge is 0.409 e. The van der Waals surface area contributed by atoms with Gasteiger partial charge in [-0.2, -0.15) is 4.98 Å². The molecule has 1 aromatic heterocycles. The van der Waals surface area contributed by atoms with Crippen molar-refractivity contribution in [3.8, 4) is 11.5 Å². The quantitative estimate of drug-likeness (QED) is 0.868. The van der Waals surface area contributed by atoms with Gasteiger partial charge in [0, 0.05) is 24.6 Å². The number of carbonyl (C=O) groups is 1. The molecule has 3 rings (SSSR count). The van der Waals surface area contributed by atoms with Crippen molar-refractivity contribution < 1.29 is 14.1 Å². The van der Waals surface area contributed by atoms with E-state index >= 15 is 0 Å². The van der Waals surface area contributed by atoms with Gasteiger partial charge in [-0.25, -0.2) is 4.79 Å². The summed E-state index contributed by atoms with van der Waals surface area (Å²) >= 11 is 0. The number of benzene rings is 1. The lowest BCUT2D eigenvalue weighted by Gasteiger charge is -2.14. The molecule has 0 aliphatic carbocycles. The number of amides is 1. The minimum Gasteiger partial charge on any atom is -0.450 e. The van der Waals surface area contributed by atoms with E-state index in [-0.39, 0.29) is 12.0 Å². The van der Waals surface area contributed by atoms with E-state index in [1.807, 2.05) is 30.3 Å². The minimum absolute atomic E-state index is 0.107. The van der Waals surface area contributed by atoms with Gasteiger partial charge < -0.3 is 14.2 Å². The van der Waals surface area contributed by atoms with Crippen molar-refractivity contribution in [3.63, 3.8) is 0 Å². The van der Waals surface area contributed by atoms with E-state index in [1.54, 1.807) is 11.8 Å². The third-order valence-electron chi connectivity index (χ3n) is 3.54. The van der Waals surface area contributed by atoms with Crippen molar-refractivity contribution >= 4 is 6.09 Å². The molecular formula is C15H17N3O3. The number of hydrogen-bond donors (Lipinski definition) is 0. The molecule has 0 unspecified atom stereocenters. The zero-order valence-corrected chi connectivity index (χ0v) is 11.9. The summed E-state index contributed by atoms with van der Waals surface area (Å²) in [5.74, 6) is 1.27. The van der Waals surface area contributed by atoms with Gasteiger partial charge in [-0.3, -0.25) is 0 Å². The Balaban J connectivity index is 1.69. The van der Waals surface area contributed by atoms with Crippen molar-refractivity contribution in [2.75, 3.05) is 19.7 Å². The number of nitrogens with zero attached hydrogens (tertiary/aromatic N) is 3. The van der Waals surface area contributed by atoms with Crippen molar-refractivity contribution in [2.24, 2.45) is 0 Å². The molecule has 6 nitrogen and oxygen atoms in total. The van der Waals surface area contributed by atoms with E-state index in [0.717, 1.165) is 12.0 Å². The SMILES string of the molecule is CCOC(=O)N1CC[C@@H](c2noc(-c3ccccc3)n2)C1. The first-order valence-corrected chi connectivity index (χ1v) is 7.08. The third kappa shape index (κ3) is 2.89. The summed E-state index contributed by atoms with van der Waals surface area (Å²) < 4.78 is 10.3. The fraction of sp³-hybridized carbons (Fsp3) is 0.400. The van der Waals surface area contributed by atoms with Gasteiger partial charge in [0.1, 0.15) is 0 Å². The second-order valence-electron chi connectivity index (χ2n) is 4.95. The fourth-order valence-electron chi connectivity index (χ4n) is 2.45. The number of carbonyl (C=O) groups excluding carboxylic acids is 1. The minimum atomic E-state index is -0.272. The number of aromatic nitrogens is 2. The second kappa shape index (κ2) is 5.95. The predicted molar refractivity (Wildman–Crippen MR) is 75.7 cm³/mol. The van der Waals surface area contributed by atoms with E-state index in [9.17, 15) is 4.79 Å². The molecule has 1 aliphatic rings. The average Bonchev–Trinajstić information content (AvgIpc) is 3.17. The van der Waals surface area contributed by atoms with E-state index < -0.39 is 0 Å². The van der Waals surface area contributed by atoms with Crippen LogP contribution in [0.1, 0.15) is 25.1 Å². The Morgan fingerprint density at radius 3 is 3.00 bits per heavy atom. The number of hydrogen-bond acceptors (Lipinski definition) is 5. The molecule has 1 amide bonds. The van der Waals surface area contributed by atoms with Crippen LogP contribution in [0.25, 0.3) is 11.5 Å². The standard InChI is InChI=1S/C15H17N3O3/c1-2-20-15(19)18-9-8-12(10-18)13-16-14(21-17-13)11-6-4-3-5-7-11/h3-7,12H,2,8-10H2,1H3/t12-/m1/s1. The highest BCUT2D eigenvalue weighted by molar-refractivity contribution is 5.68. The number of likely N-dealkylation sites (tertiary alicyclic amines) is 1. The van der Waals surface area contributed by atoms with Crippen LogP contribution in [0.5, 0.6) is 0 Å². The van der Waals surface area contributed by atoms with Gasteiger partial charge in [0.25, 0.3) is 5.89 Å². The Hall–Kier alpha value is -2.37. The maximum atomic E-state index is 11.7. The van der Waals surface area contributed by atoms with Crippen LogP contribution in [0.15, 0.2) is 34.9 Å². The molecule has 1 atom stereocenters. The van der Waals surface area contributed by atoms with E-state index in [2.05, 4.69) is 10.1 Å². The first-order valence-electron chi connectivity index (χ1n) is 7.08. The highest BCUT2D eigenvalue weighted by Gasteiger charge is 2.31. The summed E-state index contributed by atoms with van der Waals surface area (Å²) in [7, 11) is 0. The highest BCUT2D eigenvalue weighted by atomic mass is 16.6. The Morgan fingerprint density at radius 2 is 2.24 bits per heavy atom. The van der Waals surface area contributed by atoms with Crippen LogP contribution in [-0.2, 0) is 4.74 Å². The highest BCUT2D eigenvalue weighted by Crippen LogP contribution is 2.27. The van der Waals surface area contributed by atoms with Gasteiger partial charge in [0.05, 0.1) is 6.61 Å². The van der Waals surface area contributed by atoms with Gasteiger partial charge in [-0.05, 0) is 25.5 Å². The van der Waals surface area contributed by atoms with Crippen LogP contribution in [0.4, 0.5) is 4.79 Å². The van der Waals surface area contributed by atoms with Gasteiger partial charge in [-0.1, -0.05) is 23.4 Å². The second-order valence-corrected chi connectivity index (χ2v) is 4.95. The third-order valence-corrected chi connectivity index (χ3v) is 3.54. The van der Waals surface area contributed by atoms with E-state index in [4.69, 9.17) is 9.26 Å². The predicted octanol–water partition coefficient (Wildman–Crippen LogP) is 2.68. The Morgan fingerprint density at radius 1 is 1.43 bits per heavy atom. The van der Waals surface area contributed by atoms with Gasteiger partial charge in [0.2, 0.25) is 0 Å². The zero-order chi connectivity index (χ0) is 14.7. The lowest BCUT2D eigenvalue weighted by Crippen LogP contribution is -2.29. The normalized spacial score (nSPS) is 18.0. The lowest BCUT2D eigenvalue weighted by atomic mass is 10.1. The lowest BCUT2D eigenvalue weighted by molar-refractivity contribution is 0.115. The fourth-order valence-corrected chi connectivity index (χ4v) is 2.45. The molecular weight excluding hydrogens is 270 g/mol. The summed E-state index contributed by atoms with van der Waals surface area (Å²) in [4.78, 5) is 17.8. The molecule has 0 spiro atoms. The van der Waals surface area contributed by atoms with Crippen LogP contribution < -0.4 is 0 Å². The molecule has 0 N–H and O–H groups in total. The van der Waals surface area contributed by atoms with Crippen LogP contribution in [0.3, 0.4) is 0 Å². The van der Waals surface area contributed by atoms with Crippen molar-refractivity contribution in [3.05, 3.63) is 36.2 Å². The molecule has 0 bridgehead atoms. The largest absolute Gasteiger partial charge is 0.450 e. The van der Waals surface area contributed by atoms with Gasteiger partial charge in [-0.15, -0.1) is 0 Å². The Bertz CT molecular complexity index is 612. The number of rotatable bonds is 3. The van der Waals surface area contributed by atoms with Crippen molar-refractivity contribution in [1.82, 2.24) is 15.0 Å². The van der Waals surface area contributed by atoms with Crippen molar-refractivity contribution in [2.45, 2.75) is 19.3 Å². The monoisotopic (exact) mass is 287 g/mol. The molecule has 6 heteroatoms. The molecule has 1 aromatic carbocycles. The van der Waals surface area contributed by atoms with Crippen LogP contribution in [0.2, 0.25) is 0 Å². The molecule has 21 heavy (non-hydrogen) atoms. The molecule has 0 saturated carbocycles. The molecule has 1 aliphatic heterocycles.